The summed E-state index contributed by atoms with van der Waals surface area (Å²) in [4.78, 5) is 14.3. The highest BCUT2D eigenvalue weighted by Gasteiger charge is 2.22. The largest absolute Gasteiger partial charge is 0.494 e. The molecule has 2 aromatic carbocycles. The van der Waals surface area contributed by atoms with Crippen molar-refractivity contribution in [2.24, 2.45) is 0 Å². The third kappa shape index (κ3) is 3.24. The van der Waals surface area contributed by atoms with Gasteiger partial charge in [-0.15, -0.1) is 0 Å². The van der Waals surface area contributed by atoms with E-state index >= 15 is 0 Å². The smallest absolute Gasteiger partial charge is 0.254 e. The van der Waals surface area contributed by atoms with Crippen molar-refractivity contribution in [1.29, 1.82) is 0 Å². The average molecular weight is 281 g/mol. The molecule has 0 atom stereocenters. The third-order valence-corrected chi connectivity index (χ3v) is 3.77. The van der Waals surface area contributed by atoms with Crippen molar-refractivity contribution in [1.82, 2.24) is 4.90 Å². The Morgan fingerprint density at radius 1 is 1.00 bits per heavy atom. The molecular weight excluding hydrogens is 262 g/mol. The highest BCUT2D eigenvalue weighted by atomic mass is 16.5. The summed E-state index contributed by atoms with van der Waals surface area (Å²) in [7, 11) is 0. The summed E-state index contributed by atoms with van der Waals surface area (Å²) < 4.78 is 5.66. The van der Waals surface area contributed by atoms with Crippen LogP contribution in [0.1, 0.15) is 22.3 Å². The monoisotopic (exact) mass is 281 g/mol. The Morgan fingerprint density at radius 3 is 2.62 bits per heavy atom. The van der Waals surface area contributed by atoms with Gasteiger partial charge in [0.15, 0.2) is 0 Å². The van der Waals surface area contributed by atoms with Crippen LogP contribution in [-0.4, -0.2) is 30.5 Å². The maximum absolute atomic E-state index is 12.4. The van der Waals surface area contributed by atoms with E-state index in [0.29, 0.717) is 6.61 Å². The summed E-state index contributed by atoms with van der Waals surface area (Å²) in [6.07, 6.45) is 1.80. The number of para-hydroxylation sites is 1. The molecule has 1 aliphatic rings. The number of hydrogen-bond acceptors (Lipinski definition) is 2. The van der Waals surface area contributed by atoms with Gasteiger partial charge in [-0.2, -0.15) is 0 Å². The Bertz CT molecular complexity index is 610. The van der Waals surface area contributed by atoms with Crippen LogP contribution in [0.4, 0.5) is 0 Å². The lowest BCUT2D eigenvalue weighted by atomic mass is 9.99. The van der Waals surface area contributed by atoms with Gasteiger partial charge in [-0.05, 0) is 36.6 Å². The molecule has 0 N–H and O–H groups in total. The minimum absolute atomic E-state index is 0.150. The van der Waals surface area contributed by atoms with Gasteiger partial charge in [-0.25, -0.2) is 0 Å². The van der Waals surface area contributed by atoms with Gasteiger partial charge in [0.25, 0.3) is 5.91 Å². The van der Waals surface area contributed by atoms with Crippen LogP contribution in [0, 0.1) is 0 Å². The molecule has 3 rings (SSSR count). The van der Waals surface area contributed by atoms with Crippen LogP contribution in [0.2, 0.25) is 0 Å². The van der Waals surface area contributed by atoms with E-state index in [1.54, 1.807) is 0 Å². The lowest BCUT2D eigenvalue weighted by Crippen LogP contribution is -2.38. The number of carbonyl (C=O) groups is 1. The van der Waals surface area contributed by atoms with Crippen molar-refractivity contribution in [3.05, 3.63) is 65.7 Å². The Hall–Kier alpha value is -2.29. The highest BCUT2D eigenvalue weighted by Crippen LogP contribution is 2.18. The lowest BCUT2D eigenvalue weighted by Gasteiger charge is -2.28. The molecular formula is C18H19NO2. The predicted molar refractivity (Wildman–Crippen MR) is 82.6 cm³/mol. The van der Waals surface area contributed by atoms with E-state index in [9.17, 15) is 4.79 Å². The number of fused-ring (bicyclic) bond motifs is 1. The van der Waals surface area contributed by atoms with E-state index in [0.717, 1.165) is 37.2 Å². The lowest BCUT2D eigenvalue weighted by molar-refractivity contribution is 0.0731. The maximum atomic E-state index is 12.4. The van der Waals surface area contributed by atoms with Gasteiger partial charge in [0, 0.05) is 18.7 Å². The summed E-state index contributed by atoms with van der Waals surface area (Å²) in [6, 6.07) is 17.7. The van der Waals surface area contributed by atoms with Gasteiger partial charge in [0.2, 0.25) is 0 Å². The molecule has 1 amide bonds. The van der Waals surface area contributed by atoms with E-state index in [1.807, 2.05) is 59.5 Å². The third-order valence-electron chi connectivity index (χ3n) is 3.77. The Labute approximate surface area is 125 Å². The van der Waals surface area contributed by atoms with Crippen LogP contribution in [0.15, 0.2) is 54.6 Å². The van der Waals surface area contributed by atoms with Crippen molar-refractivity contribution in [2.45, 2.75) is 12.8 Å². The van der Waals surface area contributed by atoms with Crippen molar-refractivity contribution in [2.75, 3.05) is 19.7 Å². The van der Waals surface area contributed by atoms with Crippen LogP contribution >= 0.6 is 0 Å². The first-order chi connectivity index (χ1) is 10.3. The van der Waals surface area contributed by atoms with Crippen LogP contribution in [-0.2, 0) is 6.42 Å². The number of nitrogens with zero attached hydrogens (tertiary/aromatic N) is 1. The first kappa shape index (κ1) is 13.7. The van der Waals surface area contributed by atoms with Crippen molar-refractivity contribution in [3.8, 4) is 5.75 Å². The number of benzene rings is 2. The predicted octanol–water partition coefficient (Wildman–Crippen LogP) is 3.15. The number of rotatable bonds is 5. The second kappa shape index (κ2) is 6.44. The summed E-state index contributed by atoms with van der Waals surface area (Å²) in [5.41, 5.74) is 2.02. The number of amides is 1. The zero-order valence-corrected chi connectivity index (χ0v) is 12.0. The van der Waals surface area contributed by atoms with Gasteiger partial charge in [-0.3, -0.25) is 4.79 Å². The van der Waals surface area contributed by atoms with Gasteiger partial charge >= 0.3 is 0 Å². The average Bonchev–Trinajstić information content (AvgIpc) is 2.55. The maximum Gasteiger partial charge on any atom is 0.254 e. The number of carbonyl (C=O) groups excluding carboxylic acids is 1. The molecule has 0 unspecified atom stereocenters. The van der Waals surface area contributed by atoms with E-state index in [4.69, 9.17) is 4.74 Å². The molecule has 0 bridgehead atoms. The molecule has 108 valence electrons. The Balaban J connectivity index is 1.50. The zero-order chi connectivity index (χ0) is 14.5. The molecule has 3 nitrogen and oxygen atoms in total. The summed E-state index contributed by atoms with van der Waals surface area (Å²) in [5.74, 6) is 1.03. The van der Waals surface area contributed by atoms with E-state index in [2.05, 4.69) is 0 Å². The summed E-state index contributed by atoms with van der Waals surface area (Å²) >= 11 is 0. The molecule has 0 radical (unpaired) electrons. The van der Waals surface area contributed by atoms with Gasteiger partial charge < -0.3 is 9.64 Å². The van der Waals surface area contributed by atoms with Crippen molar-refractivity contribution >= 4 is 5.91 Å². The molecule has 1 heterocycles. The zero-order valence-electron chi connectivity index (χ0n) is 12.0. The summed E-state index contributed by atoms with van der Waals surface area (Å²) in [5, 5.41) is 0. The van der Waals surface area contributed by atoms with Crippen LogP contribution in [0.5, 0.6) is 5.75 Å². The molecule has 0 aliphatic carbocycles. The van der Waals surface area contributed by atoms with E-state index < -0.39 is 0 Å². The fourth-order valence-electron chi connectivity index (χ4n) is 2.65. The standard InChI is InChI=1S/C18H19NO2/c20-18-17-10-5-4-7-15(17)11-13-19(18)12-6-14-21-16-8-2-1-3-9-16/h1-5,7-10H,6,11-14H2. The molecule has 0 aromatic heterocycles. The molecule has 0 fully saturated rings. The molecule has 21 heavy (non-hydrogen) atoms. The van der Waals surface area contributed by atoms with Gasteiger partial charge in [0.1, 0.15) is 5.75 Å². The van der Waals surface area contributed by atoms with Gasteiger partial charge in [0.05, 0.1) is 6.61 Å². The fourth-order valence-corrected chi connectivity index (χ4v) is 2.65. The number of hydrogen-bond donors (Lipinski definition) is 0. The minimum atomic E-state index is 0.150. The van der Waals surface area contributed by atoms with Crippen LogP contribution in [0.25, 0.3) is 0 Å². The minimum Gasteiger partial charge on any atom is -0.494 e. The molecule has 1 aliphatic heterocycles. The van der Waals surface area contributed by atoms with Crippen molar-refractivity contribution in [3.63, 3.8) is 0 Å². The second-order valence-corrected chi connectivity index (χ2v) is 5.21. The SMILES string of the molecule is O=C1c2ccccc2CCN1CCCOc1ccccc1. The molecule has 0 spiro atoms. The van der Waals surface area contributed by atoms with Crippen molar-refractivity contribution < 1.29 is 9.53 Å². The Kier molecular flexibility index (Phi) is 4.20. The highest BCUT2D eigenvalue weighted by molar-refractivity contribution is 5.96. The fraction of sp³-hybridized carbons (Fsp3) is 0.278. The molecule has 2 aromatic rings. The molecule has 0 saturated heterocycles. The van der Waals surface area contributed by atoms with Crippen LogP contribution in [0.3, 0.4) is 0 Å². The molecule has 3 heteroatoms. The van der Waals surface area contributed by atoms with E-state index in [1.165, 1.54) is 5.56 Å². The van der Waals surface area contributed by atoms with Gasteiger partial charge in [-0.1, -0.05) is 36.4 Å². The topological polar surface area (TPSA) is 29.5 Å². The Morgan fingerprint density at radius 2 is 1.76 bits per heavy atom. The first-order valence-corrected chi connectivity index (χ1v) is 7.39. The van der Waals surface area contributed by atoms with Crippen LogP contribution < -0.4 is 4.74 Å². The normalized spacial score (nSPS) is 13.9. The number of ether oxygens (including phenoxy) is 1. The summed E-state index contributed by atoms with van der Waals surface area (Å²) in [6.45, 7) is 2.19. The quantitative estimate of drug-likeness (QED) is 0.788. The second-order valence-electron chi connectivity index (χ2n) is 5.21. The van der Waals surface area contributed by atoms with E-state index in [-0.39, 0.29) is 5.91 Å². The molecule has 0 saturated carbocycles. The first-order valence-electron chi connectivity index (χ1n) is 7.39.